The molecule has 1 aliphatic carbocycles. The molecule has 1 saturated carbocycles. The quantitative estimate of drug-likeness (QED) is 0.612. The molecule has 0 unspecified atom stereocenters. The van der Waals surface area contributed by atoms with Crippen LogP contribution >= 0.6 is 0 Å². The van der Waals surface area contributed by atoms with Gasteiger partial charge in [0, 0.05) is 19.0 Å². The Morgan fingerprint density at radius 3 is 2.31 bits per heavy atom. The summed E-state index contributed by atoms with van der Waals surface area (Å²) < 4.78 is 26.9. The van der Waals surface area contributed by atoms with Crippen LogP contribution in [0.3, 0.4) is 0 Å². The normalized spacial score (nSPS) is 43.4. The Kier molecular flexibility index (Phi) is 1.92. The van der Waals surface area contributed by atoms with Gasteiger partial charge in [0.1, 0.15) is 0 Å². The summed E-state index contributed by atoms with van der Waals surface area (Å²) in [5, 5.41) is 0. The van der Waals surface area contributed by atoms with E-state index < -0.39 is 12.0 Å². The summed E-state index contributed by atoms with van der Waals surface area (Å²) in [5.41, 5.74) is 0. The van der Waals surface area contributed by atoms with Crippen molar-refractivity contribution in [2.24, 2.45) is 11.8 Å². The minimum atomic E-state index is -2.44. The first kappa shape index (κ1) is 9.38. The molecule has 0 amide bonds. The number of alkyl halides is 2. The maximum Gasteiger partial charge on any atom is 0.263 e. The van der Waals surface area contributed by atoms with Crippen molar-refractivity contribution in [1.29, 1.82) is 0 Å². The Bertz CT molecular complexity index is 215. The van der Waals surface area contributed by atoms with Crippen LogP contribution in [0.1, 0.15) is 27.2 Å². The lowest BCUT2D eigenvalue weighted by molar-refractivity contribution is -0.0883. The van der Waals surface area contributed by atoms with Crippen molar-refractivity contribution in [2.75, 3.05) is 6.54 Å². The lowest BCUT2D eigenvalue weighted by Gasteiger charge is -2.36. The largest absolute Gasteiger partial charge is 0.292 e. The topological polar surface area (TPSA) is 3.24 Å². The van der Waals surface area contributed by atoms with Crippen molar-refractivity contribution < 1.29 is 8.78 Å². The van der Waals surface area contributed by atoms with Gasteiger partial charge in [-0.15, -0.1) is 0 Å². The van der Waals surface area contributed by atoms with E-state index >= 15 is 0 Å². The third-order valence-electron chi connectivity index (χ3n) is 3.67. The van der Waals surface area contributed by atoms with E-state index in [1.165, 1.54) is 0 Å². The number of piperidine rings is 1. The molecule has 3 atom stereocenters. The first-order valence-electron chi connectivity index (χ1n) is 5.07. The van der Waals surface area contributed by atoms with Crippen molar-refractivity contribution in [3.05, 3.63) is 0 Å². The fourth-order valence-corrected chi connectivity index (χ4v) is 2.99. The van der Waals surface area contributed by atoms with Gasteiger partial charge in [0.15, 0.2) is 0 Å². The molecule has 0 N–H and O–H groups in total. The molecule has 1 nitrogen and oxygen atoms in total. The van der Waals surface area contributed by atoms with Crippen molar-refractivity contribution in [3.63, 3.8) is 0 Å². The van der Waals surface area contributed by atoms with Crippen LogP contribution in [-0.2, 0) is 0 Å². The molecule has 13 heavy (non-hydrogen) atoms. The zero-order chi connectivity index (χ0) is 9.80. The molecule has 0 spiro atoms. The second-order valence-electron chi connectivity index (χ2n) is 4.82. The van der Waals surface area contributed by atoms with Gasteiger partial charge < -0.3 is 0 Å². The van der Waals surface area contributed by atoms with Gasteiger partial charge >= 0.3 is 0 Å². The molecule has 1 aliphatic heterocycles. The Balaban J connectivity index is 2.23. The molecule has 2 fully saturated rings. The van der Waals surface area contributed by atoms with E-state index in [1.54, 1.807) is 0 Å². The van der Waals surface area contributed by atoms with Crippen LogP contribution in [-0.4, -0.2) is 29.5 Å². The highest BCUT2D eigenvalue weighted by Crippen LogP contribution is 2.51. The van der Waals surface area contributed by atoms with Crippen molar-refractivity contribution in [2.45, 2.75) is 45.2 Å². The average molecular weight is 189 g/mol. The minimum Gasteiger partial charge on any atom is -0.292 e. The van der Waals surface area contributed by atoms with Crippen LogP contribution in [0.5, 0.6) is 0 Å². The Labute approximate surface area is 78.1 Å². The fraction of sp³-hybridized carbons (Fsp3) is 1.00. The molecule has 2 aliphatic rings. The summed E-state index contributed by atoms with van der Waals surface area (Å²) in [6.07, 6.45) is 0.113. The average Bonchev–Trinajstić information content (AvgIpc) is 2.38. The minimum absolute atomic E-state index is 0.113. The van der Waals surface area contributed by atoms with Crippen LogP contribution in [0.2, 0.25) is 0 Å². The van der Waals surface area contributed by atoms with Gasteiger partial charge in [0.2, 0.25) is 0 Å². The molecule has 1 saturated heterocycles. The second-order valence-corrected chi connectivity index (χ2v) is 4.82. The smallest absolute Gasteiger partial charge is 0.263 e. The summed E-state index contributed by atoms with van der Waals surface area (Å²) in [7, 11) is 0. The predicted octanol–water partition coefficient (Wildman–Crippen LogP) is 2.37. The van der Waals surface area contributed by atoms with E-state index in [9.17, 15) is 8.78 Å². The van der Waals surface area contributed by atoms with Gasteiger partial charge in [-0.3, -0.25) is 4.90 Å². The second kappa shape index (κ2) is 2.66. The van der Waals surface area contributed by atoms with E-state index in [-0.39, 0.29) is 24.3 Å². The SMILES string of the molecule is CC(C)N1C[C@H]2CC(F)(F)[C@@H]1[C@H]2C. The van der Waals surface area contributed by atoms with Gasteiger partial charge in [-0.2, -0.15) is 0 Å². The Hall–Kier alpha value is -0.180. The maximum atomic E-state index is 13.5. The summed E-state index contributed by atoms with van der Waals surface area (Å²) in [4.78, 5) is 1.97. The zero-order valence-corrected chi connectivity index (χ0v) is 8.43. The summed E-state index contributed by atoms with van der Waals surface area (Å²) >= 11 is 0. The van der Waals surface area contributed by atoms with E-state index in [0.29, 0.717) is 0 Å². The van der Waals surface area contributed by atoms with Crippen LogP contribution < -0.4 is 0 Å². The highest BCUT2D eigenvalue weighted by molar-refractivity contribution is 5.07. The van der Waals surface area contributed by atoms with Gasteiger partial charge in [-0.05, 0) is 25.7 Å². The van der Waals surface area contributed by atoms with Crippen molar-refractivity contribution in [3.8, 4) is 0 Å². The Morgan fingerprint density at radius 2 is 2.00 bits per heavy atom. The van der Waals surface area contributed by atoms with E-state index in [2.05, 4.69) is 0 Å². The number of rotatable bonds is 1. The standard InChI is InChI=1S/C10H17F2N/c1-6(2)13-5-8-4-10(11,12)9(13)7(8)3/h6-9H,4-5H2,1-3H3/t7-,8+,9-/m0/s1. The maximum absolute atomic E-state index is 13.5. The highest BCUT2D eigenvalue weighted by Gasteiger charge is 2.61. The van der Waals surface area contributed by atoms with Gasteiger partial charge in [-0.25, -0.2) is 8.78 Å². The lowest BCUT2D eigenvalue weighted by Crippen LogP contribution is -2.49. The number of hydrogen-bond donors (Lipinski definition) is 0. The van der Waals surface area contributed by atoms with Crippen molar-refractivity contribution >= 4 is 0 Å². The number of halogens is 2. The van der Waals surface area contributed by atoms with Crippen molar-refractivity contribution in [1.82, 2.24) is 4.90 Å². The first-order chi connectivity index (χ1) is 5.93. The monoisotopic (exact) mass is 189 g/mol. The molecule has 2 bridgehead atoms. The highest BCUT2D eigenvalue weighted by atomic mass is 19.3. The molecule has 0 radical (unpaired) electrons. The summed E-state index contributed by atoms with van der Waals surface area (Å²) in [6.45, 7) is 6.85. The molecule has 0 aromatic carbocycles. The molecule has 76 valence electrons. The molecule has 0 aromatic heterocycles. The lowest BCUT2D eigenvalue weighted by atomic mass is 10.0. The van der Waals surface area contributed by atoms with Crippen LogP contribution in [0.4, 0.5) is 8.78 Å². The molecule has 1 heterocycles. The summed E-state index contributed by atoms with van der Waals surface area (Å²) in [5.74, 6) is -2.04. The first-order valence-corrected chi connectivity index (χ1v) is 5.07. The third-order valence-corrected chi connectivity index (χ3v) is 3.67. The van der Waals surface area contributed by atoms with E-state index in [0.717, 1.165) is 6.54 Å². The summed E-state index contributed by atoms with van der Waals surface area (Å²) in [6, 6.07) is -0.235. The molecule has 2 rings (SSSR count). The molecule has 0 aromatic rings. The van der Waals surface area contributed by atoms with Crippen LogP contribution in [0, 0.1) is 11.8 Å². The zero-order valence-electron chi connectivity index (χ0n) is 8.43. The van der Waals surface area contributed by atoms with E-state index in [1.807, 2.05) is 25.7 Å². The van der Waals surface area contributed by atoms with Gasteiger partial charge in [0.05, 0.1) is 6.04 Å². The number of fused-ring (bicyclic) bond motifs is 2. The van der Waals surface area contributed by atoms with Gasteiger partial charge in [-0.1, -0.05) is 6.92 Å². The third kappa shape index (κ3) is 1.20. The molecule has 3 heteroatoms. The van der Waals surface area contributed by atoms with Crippen LogP contribution in [0.15, 0.2) is 0 Å². The molecular weight excluding hydrogens is 172 g/mol. The Morgan fingerprint density at radius 1 is 1.38 bits per heavy atom. The number of hydrogen-bond acceptors (Lipinski definition) is 1. The predicted molar refractivity (Wildman–Crippen MR) is 47.8 cm³/mol. The van der Waals surface area contributed by atoms with Crippen LogP contribution in [0.25, 0.3) is 0 Å². The number of likely N-dealkylation sites (tertiary alicyclic amines) is 1. The number of nitrogens with zero attached hydrogens (tertiary/aromatic N) is 1. The van der Waals surface area contributed by atoms with Gasteiger partial charge in [0.25, 0.3) is 5.92 Å². The van der Waals surface area contributed by atoms with E-state index in [4.69, 9.17) is 0 Å². The fourth-order valence-electron chi connectivity index (χ4n) is 2.99. The molecular formula is C10H17F2N.